The van der Waals surface area contributed by atoms with Gasteiger partial charge in [-0.3, -0.25) is 4.98 Å². The Morgan fingerprint density at radius 2 is 1.82 bits per heavy atom. The highest BCUT2D eigenvalue weighted by atomic mass is 19.4. The van der Waals surface area contributed by atoms with Crippen molar-refractivity contribution >= 4 is 10.9 Å². The molecule has 0 saturated carbocycles. The third kappa shape index (κ3) is 5.07. The minimum absolute atomic E-state index is 0.0388. The number of aromatic nitrogens is 1. The average molecular weight is 566 g/mol. The summed E-state index contributed by atoms with van der Waals surface area (Å²) in [5, 5.41) is 0.796. The number of rotatable bonds is 7. The molecule has 1 aromatic heterocycles. The maximum absolute atomic E-state index is 14.1. The normalized spacial score (nSPS) is 25.6. The molecule has 3 fully saturated rings. The lowest BCUT2D eigenvalue weighted by atomic mass is 9.71. The van der Waals surface area contributed by atoms with E-state index in [4.69, 9.17) is 9.47 Å². The molecule has 214 valence electrons. The number of hydrogen-bond donors (Lipinski definition) is 0. The van der Waals surface area contributed by atoms with Gasteiger partial charge < -0.3 is 14.0 Å². The molecule has 6 rings (SSSR count). The van der Waals surface area contributed by atoms with E-state index in [9.17, 15) is 26.3 Å². The third-order valence-corrected chi connectivity index (χ3v) is 8.79. The van der Waals surface area contributed by atoms with Crippen molar-refractivity contribution < 1.29 is 40.3 Å². The van der Waals surface area contributed by atoms with Gasteiger partial charge in [0, 0.05) is 43.0 Å². The molecule has 0 radical (unpaired) electrons. The fourth-order valence-corrected chi connectivity index (χ4v) is 6.89. The van der Waals surface area contributed by atoms with Gasteiger partial charge in [0.15, 0.2) is 0 Å². The molecule has 2 bridgehead atoms. The van der Waals surface area contributed by atoms with Gasteiger partial charge in [-0.2, -0.15) is 26.3 Å². The predicted octanol–water partition coefficient (Wildman–Crippen LogP) is 7.58. The number of benzene rings is 2. The largest absolute Gasteiger partial charge is 0.497 e. The maximum atomic E-state index is 14.1. The molecule has 40 heavy (non-hydrogen) atoms. The van der Waals surface area contributed by atoms with Gasteiger partial charge in [-0.25, -0.2) is 0 Å². The predicted molar refractivity (Wildman–Crippen MR) is 138 cm³/mol. The molecule has 0 N–H and O–H groups in total. The summed E-state index contributed by atoms with van der Waals surface area (Å²) < 4.78 is 94.9. The summed E-state index contributed by atoms with van der Waals surface area (Å²) in [5.41, 5.74) is -0.956. The molecule has 2 aromatic carbocycles. The van der Waals surface area contributed by atoms with E-state index in [0.717, 1.165) is 17.4 Å². The van der Waals surface area contributed by atoms with Crippen LogP contribution in [0, 0.1) is 11.8 Å². The summed E-state index contributed by atoms with van der Waals surface area (Å²) in [7, 11) is 3.12. The van der Waals surface area contributed by atoms with E-state index in [-0.39, 0.29) is 34.5 Å². The van der Waals surface area contributed by atoms with Crippen LogP contribution in [0.1, 0.15) is 41.2 Å². The Bertz CT molecular complexity index is 1410. The summed E-state index contributed by atoms with van der Waals surface area (Å²) in [6.07, 6.45) is -5.21. The van der Waals surface area contributed by atoms with Gasteiger partial charge in [-0.15, -0.1) is 6.58 Å². The number of fused-ring (bicyclic) bond motifs is 4. The summed E-state index contributed by atoms with van der Waals surface area (Å²) in [6, 6.07) is 8.75. The number of piperidine rings is 3. The van der Waals surface area contributed by atoms with Gasteiger partial charge in [-0.05, 0) is 53.9 Å². The van der Waals surface area contributed by atoms with Crippen LogP contribution in [-0.2, 0) is 23.6 Å². The van der Waals surface area contributed by atoms with Crippen molar-refractivity contribution in [3.8, 4) is 5.75 Å². The van der Waals surface area contributed by atoms with E-state index in [0.29, 0.717) is 49.0 Å². The molecule has 3 aromatic rings. The summed E-state index contributed by atoms with van der Waals surface area (Å²) in [5.74, 6) is 0.916. The zero-order valence-electron chi connectivity index (χ0n) is 22.2. The lowest BCUT2D eigenvalue weighted by Gasteiger charge is -2.58. The number of pyridine rings is 1. The SMILES string of the molecule is C=C[C@H]1C[N@+]2(Cc3cc(C(F)(F)F)ccc3C(F)(F)F)CC[C@H]1C[C@@H]2[C@@H](OC)c1ccnc2ccc(OC)cc12. The number of hydrogen-bond acceptors (Lipinski definition) is 3. The molecule has 3 aliphatic heterocycles. The van der Waals surface area contributed by atoms with Crippen molar-refractivity contribution in [1.82, 2.24) is 4.98 Å². The smallest absolute Gasteiger partial charge is 0.416 e. The van der Waals surface area contributed by atoms with E-state index in [1.807, 2.05) is 24.3 Å². The number of quaternary nitrogens is 1. The molecule has 0 unspecified atom stereocenters. The Hall–Kier alpha value is -3.11. The van der Waals surface area contributed by atoms with E-state index < -0.39 is 29.6 Å². The van der Waals surface area contributed by atoms with Crippen LogP contribution < -0.4 is 4.74 Å². The number of alkyl halides is 6. The van der Waals surface area contributed by atoms with Crippen LogP contribution >= 0.6 is 0 Å². The Kier molecular flexibility index (Phi) is 7.37. The van der Waals surface area contributed by atoms with E-state index in [1.165, 1.54) is 0 Å². The first-order valence-electron chi connectivity index (χ1n) is 13.1. The van der Waals surface area contributed by atoms with Crippen molar-refractivity contribution in [2.45, 2.75) is 43.9 Å². The highest BCUT2D eigenvalue weighted by molar-refractivity contribution is 5.84. The van der Waals surface area contributed by atoms with Crippen LogP contribution in [0.5, 0.6) is 5.75 Å². The minimum atomic E-state index is -4.79. The zero-order chi connectivity index (χ0) is 28.9. The molecule has 0 amide bonds. The van der Waals surface area contributed by atoms with Crippen molar-refractivity contribution in [3.63, 3.8) is 0 Å². The molecule has 10 heteroatoms. The second kappa shape index (κ2) is 10.4. The van der Waals surface area contributed by atoms with Crippen LogP contribution in [0.3, 0.4) is 0 Å². The Labute approximate surface area is 228 Å². The second-order valence-corrected chi connectivity index (χ2v) is 10.8. The molecule has 3 saturated heterocycles. The molecular weight excluding hydrogens is 534 g/mol. The highest BCUT2D eigenvalue weighted by Crippen LogP contribution is 2.50. The first kappa shape index (κ1) is 28.4. The Morgan fingerprint density at radius 1 is 1.05 bits per heavy atom. The summed E-state index contributed by atoms with van der Waals surface area (Å²) >= 11 is 0. The van der Waals surface area contributed by atoms with Crippen molar-refractivity contribution in [2.24, 2.45) is 11.8 Å². The second-order valence-electron chi connectivity index (χ2n) is 10.8. The number of halogens is 6. The Balaban J connectivity index is 1.65. The first-order chi connectivity index (χ1) is 18.9. The van der Waals surface area contributed by atoms with Crippen LogP contribution in [0.2, 0.25) is 0 Å². The maximum Gasteiger partial charge on any atom is 0.416 e. The minimum Gasteiger partial charge on any atom is -0.497 e. The summed E-state index contributed by atoms with van der Waals surface area (Å²) in [4.78, 5) is 4.45. The Morgan fingerprint density at radius 3 is 2.48 bits per heavy atom. The monoisotopic (exact) mass is 565 g/mol. The zero-order valence-corrected chi connectivity index (χ0v) is 22.2. The van der Waals surface area contributed by atoms with E-state index in [1.54, 1.807) is 26.5 Å². The van der Waals surface area contributed by atoms with Gasteiger partial charge in [0.2, 0.25) is 0 Å². The van der Waals surface area contributed by atoms with Crippen LogP contribution in [0.25, 0.3) is 10.9 Å². The average Bonchev–Trinajstić information content (AvgIpc) is 2.92. The molecule has 4 heterocycles. The van der Waals surface area contributed by atoms with Crippen LogP contribution in [0.4, 0.5) is 26.3 Å². The quantitative estimate of drug-likeness (QED) is 0.168. The number of methoxy groups -OCH3 is 2. The molecule has 5 atom stereocenters. The molecule has 4 nitrogen and oxygen atoms in total. The molecule has 3 aliphatic rings. The van der Waals surface area contributed by atoms with Gasteiger partial charge in [0.1, 0.15) is 24.4 Å². The number of nitrogens with zero attached hydrogens (tertiary/aromatic N) is 2. The van der Waals surface area contributed by atoms with Gasteiger partial charge in [0.05, 0.1) is 36.8 Å². The van der Waals surface area contributed by atoms with Crippen molar-refractivity contribution in [2.75, 3.05) is 27.3 Å². The van der Waals surface area contributed by atoms with Gasteiger partial charge >= 0.3 is 12.4 Å². The van der Waals surface area contributed by atoms with Gasteiger partial charge in [0.25, 0.3) is 0 Å². The lowest BCUT2D eigenvalue weighted by molar-refractivity contribution is -0.985. The standard InChI is InChI=1S/C30H31F6N2O2/c1-4-18-16-38(17-20-13-21(29(31,32)33)5-7-25(20)30(34,35)36)12-10-19(18)14-27(38)28(40-3)23-9-11-37-26-8-6-22(39-2)15-24(23)26/h4-9,11,13,15,18-19,27-28H,1,10,12,14,16-17H2,2-3H3/q+1/t18-,19-,27+,28-,38-/m0/s1. The van der Waals surface area contributed by atoms with Crippen LogP contribution in [0.15, 0.2) is 61.3 Å². The van der Waals surface area contributed by atoms with Crippen molar-refractivity contribution in [3.05, 3.63) is 83.6 Å². The third-order valence-electron chi connectivity index (χ3n) is 8.79. The topological polar surface area (TPSA) is 31.4 Å². The number of ether oxygens (including phenoxy) is 2. The van der Waals surface area contributed by atoms with Crippen molar-refractivity contribution in [1.29, 1.82) is 0 Å². The molecule has 0 aliphatic carbocycles. The molecule has 0 spiro atoms. The van der Waals surface area contributed by atoms with Gasteiger partial charge in [-0.1, -0.05) is 6.08 Å². The first-order valence-corrected chi connectivity index (χ1v) is 13.1. The van der Waals surface area contributed by atoms with E-state index >= 15 is 0 Å². The highest BCUT2D eigenvalue weighted by Gasteiger charge is 2.55. The fraction of sp³-hybridized carbons (Fsp3) is 0.433. The van der Waals surface area contributed by atoms with Crippen LogP contribution in [-0.4, -0.2) is 42.8 Å². The lowest BCUT2D eigenvalue weighted by Crippen LogP contribution is -2.67. The van der Waals surface area contributed by atoms with E-state index in [2.05, 4.69) is 11.6 Å². The fourth-order valence-electron chi connectivity index (χ4n) is 6.89. The molecular formula is C30H31F6N2O2+. The summed E-state index contributed by atoms with van der Waals surface area (Å²) in [6.45, 7) is 4.76.